The lowest BCUT2D eigenvalue weighted by Crippen LogP contribution is -2.31. The molecule has 1 amide bonds. The maximum atomic E-state index is 13.6. The van der Waals surface area contributed by atoms with Gasteiger partial charge in [0.15, 0.2) is 0 Å². The van der Waals surface area contributed by atoms with Crippen LogP contribution in [0, 0.1) is 13.8 Å². The number of carbonyl (C=O) groups is 1. The fourth-order valence-electron chi connectivity index (χ4n) is 4.20. The van der Waals surface area contributed by atoms with Gasteiger partial charge in [-0.2, -0.15) is 0 Å². The summed E-state index contributed by atoms with van der Waals surface area (Å²) in [6.45, 7) is 4.71. The molecule has 0 spiro atoms. The quantitative estimate of drug-likeness (QED) is 0.476. The number of imidazole rings is 1. The fourth-order valence-corrected chi connectivity index (χ4v) is 5.11. The van der Waals surface area contributed by atoms with Crippen molar-refractivity contribution in [3.05, 3.63) is 64.6 Å². The molecule has 1 aliphatic rings. The van der Waals surface area contributed by atoms with E-state index in [0.29, 0.717) is 12.2 Å². The highest BCUT2D eigenvalue weighted by atomic mass is 32.1. The molecule has 4 aromatic rings. The molecule has 1 fully saturated rings. The Balaban J connectivity index is 1.49. The summed E-state index contributed by atoms with van der Waals surface area (Å²) >= 11 is 1.57. The molecule has 0 aliphatic carbocycles. The predicted octanol–water partition coefficient (Wildman–Crippen LogP) is 5.29. The molecule has 2 aromatic heterocycles. The van der Waals surface area contributed by atoms with Crippen molar-refractivity contribution in [1.82, 2.24) is 19.9 Å². The number of hydrogen-bond acceptors (Lipinski definition) is 5. The van der Waals surface area contributed by atoms with Gasteiger partial charge in [-0.3, -0.25) is 4.79 Å². The van der Waals surface area contributed by atoms with E-state index >= 15 is 0 Å². The molecule has 3 heterocycles. The van der Waals surface area contributed by atoms with E-state index in [0.717, 1.165) is 50.9 Å². The molecule has 31 heavy (non-hydrogen) atoms. The van der Waals surface area contributed by atoms with Crippen LogP contribution in [0.4, 0.5) is 0 Å². The number of nitrogens with one attached hydrogen (secondary N) is 1. The van der Waals surface area contributed by atoms with E-state index in [4.69, 9.17) is 9.72 Å². The molecule has 6 nitrogen and oxygen atoms in total. The van der Waals surface area contributed by atoms with Crippen LogP contribution in [0.5, 0.6) is 5.75 Å². The number of amides is 1. The smallest absolute Gasteiger partial charge is 0.274 e. The Morgan fingerprint density at radius 1 is 1.16 bits per heavy atom. The number of aromatic amines is 1. The van der Waals surface area contributed by atoms with Crippen LogP contribution in [0.25, 0.3) is 21.5 Å². The van der Waals surface area contributed by atoms with Crippen molar-refractivity contribution in [3.8, 4) is 16.2 Å². The van der Waals surface area contributed by atoms with Gasteiger partial charge in [0.2, 0.25) is 0 Å². The fraction of sp³-hybridized carbons (Fsp3) is 0.292. The SMILES string of the molecule is COc1ccc2nc(C3CCCN3C(=O)c3nc(C)sc3-c3ccc(C)cc3)[nH]c2c1. The number of fused-ring (bicyclic) bond motifs is 1. The summed E-state index contributed by atoms with van der Waals surface area (Å²) in [6, 6.07) is 14.0. The minimum atomic E-state index is -0.0845. The van der Waals surface area contributed by atoms with Crippen LogP contribution < -0.4 is 4.74 Å². The van der Waals surface area contributed by atoms with Gasteiger partial charge in [0.05, 0.1) is 34.1 Å². The van der Waals surface area contributed by atoms with Gasteiger partial charge in [-0.25, -0.2) is 9.97 Å². The molecule has 158 valence electrons. The predicted molar refractivity (Wildman–Crippen MR) is 123 cm³/mol. The van der Waals surface area contributed by atoms with Gasteiger partial charge in [0.1, 0.15) is 17.3 Å². The van der Waals surface area contributed by atoms with Gasteiger partial charge in [-0.15, -0.1) is 11.3 Å². The number of nitrogens with zero attached hydrogens (tertiary/aromatic N) is 3. The zero-order valence-corrected chi connectivity index (χ0v) is 18.6. The average Bonchev–Trinajstić information content (AvgIpc) is 3.50. The lowest BCUT2D eigenvalue weighted by atomic mass is 10.1. The van der Waals surface area contributed by atoms with Crippen molar-refractivity contribution in [2.75, 3.05) is 13.7 Å². The third-order valence-electron chi connectivity index (χ3n) is 5.79. The van der Waals surface area contributed by atoms with Crippen LogP contribution in [0.15, 0.2) is 42.5 Å². The van der Waals surface area contributed by atoms with E-state index in [-0.39, 0.29) is 11.9 Å². The number of methoxy groups -OCH3 is 1. The summed E-state index contributed by atoms with van der Waals surface area (Å²) in [7, 11) is 1.65. The number of H-pyrrole nitrogens is 1. The summed E-state index contributed by atoms with van der Waals surface area (Å²) in [4.78, 5) is 29.3. The summed E-state index contributed by atoms with van der Waals surface area (Å²) < 4.78 is 5.32. The minimum Gasteiger partial charge on any atom is -0.497 e. The molecule has 1 aliphatic heterocycles. The molecule has 5 rings (SSSR count). The molecule has 1 saturated heterocycles. The van der Waals surface area contributed by atoms with Crippen LogP contribution in [-0.4, -0.2) is 39.4 Å². The second-order valence-corrected chi connectivity index (χ2v) is 9.14. The van der Waals surface area contributed by atoms with Crippen LogP contribution in [0.3, 0.4) is 0 Å². The maximum Gasteiger partial charge on any atom is 0.274 e. The first-order chi connectivity index (χ1) is 15.0. The highest BCUT2D eigenvalue weighted by Gasteiger charge is 2.35. The van der Waals surface area contributed by atoms with E-state index in [9.17, 15) is 4.79 Å². The van der Waals surface area contributed by atoms with Crippen LogP contribution in [-0.2, 0) is 0 Å². The Labute approximate surface area is 184 Å². The van der Waals surface area contributed by atoms with Crippen LogP contribution >= 0.6 is 11.3 Å². The second kappa shape index (κ2) is 7.81. The van der Waals surface area contributed by atoms with Crippen molar-refractivity contribution in [2.45, 2.75) is 32.7 Å². The van der Waals surface area contributed by atoms with Crippen molar-refractivity contribution in [2.24, 2.45) is 0 Å². The summed E-state index contributed by atoms with van der Waals surface area (Å²) in [5.41, 5.74) is 4.56. The van der Waals surface area contributed by atoms with Crippen molar-refractivity contribution < 1.29 is 9.53 Å². The van der Waals surface area contributed by atoms with Gasteiger partial charge in [-0.05, 0) is 44.4 Å². The molecule has 0 bridgehead atoms. The highest BCUT2D eigenvalue weighted by molar-refractivity contribution is 7.15. The first kappa shape index (κ1) is 19.8. The van der Waals surface area contributed by atoms with E-state index in [1.807, 2.05) is 30.0 Å². The summed E-state index contributed by atoms with van der Waals surface area (Å²) in [6.07, 6.45) is 1.82. The molecule has 0 radical (unpaired) electrons. The maximum absolute atomic E-state index is 13.6. The Morgan fingerprint density at radius 3 is 2.74 bits per heavy atom. The monoisotopic (exact) mass is 432 g/mol. The number of carbonyl (C=O) groups excluding carboxylic acids is 1. The van der Waals surface area contributed by atoms with E-state index in [2.05, 4.69) is 41.2 Å². The first-order valence-electron chi connectivity index (χ1n) is 10.4. The lowest BCUT2D eigenvalue weighted by Gasteiger charge is -2.22. The van der Waals surface area contributed by atoms with Crippen molar-refractivity contribution in [1.29, 1.82) is 0 Å². The number of likely N-dealkylation sites (tertiary alicyclic amines) is 1. The molecule has 1 N–H and O–H groups in total. The number of thiazole rings is 1. The average molecular weight is 433 g/mol. The van der Waals surface area contributed by atoms with E-state index in [1.54, 1.807) is 18.4 Å². The Hall–Kier alpha value is -3.19. The number of hydrogen-bond donors (Lipinski definition) is 1. The third kappa shape index (κ3) is 3.59. The second-order valence-electron chi connectivity index (χ2n) is 7.94. The zero-order valence-electron chi connectivity index (χ0n) is 17.8. The Morgan fingerprint density at radius 2 is 1.97 bits per heavy atom. The van der Waals surface area contributed by atoms with Gasteiger partial charge < -0.3 is 14.6 Å². The minimum absolute atomic E-state index is 0.0274. The van der Waals surface area contributed by atoms with Crippen LogP contribution in [0.2, 0.25) is 0 Å². The number of ether oxygens (including phenoxy) is 1. The van der Waals surface area contributed by atoms with Gasteiger partial charge in [0.25, 0.3) is 5.91 Å². The van der Waals surface area contributed by atoms with Gasteiger partial charge in [0, 0.05) is 12.6 Å². The number of aromatic nitrogens is 3. The number of rotatable bonds is 4. The molecule has 1 atom stereocenters. The van der Waals surface area contributed by atoms with Gasteiger partial charge in [-0.1, -0.05) is 29.8 Å². The zero-order chi connectivity index (χ0) is 21.5. The topological polar surface area (TPSA) is 71.1 Å². The molecular weight excluding hydrogens is 408 g/mol. The van der Waals surface area contributed by atoms with Crippen molar-refractivity contribution >= 4 is 28.3 Å². The van der Waals surface area contributed by atoms with E-state index in [1.165, 1.54) is 5.56 Å². The molecule has 0 saturated carbocycles. The normalized spacial score (nSPS) is 16.2. The number of benzene rings is 2. The summed E-state index contributed by atoms with van der Waals surface area (Å²) in [5.74, 6) is 1.57. The highest BCUT2D eigenvalue weighted by Crippen LogP contribution is 2.36. The van der Waals surface area contributed by atoms with Crippen LogP contribution in [0.1, 0.15) is 45.8 Å². The molecule has 7 heteroatoms. The lowest BCUT2D eigenvalue weighted by molar-refractivity contribution is 0.0726. The summed E-state index contributed by atoms with van der Waals surface area (Å²) in [5, 5.41) is 0.894. The first-order valence-corrected chi connectivity index (χ1v) is 11.2. The largest absolute Gasteiger partial charge is 0.497 e. The van der Waals surface area contributed by atoms with Gasteiger partial charge >= 0.3 is 0 Å². The molecule has 1 unspecified atom stereocenters. The Kier molecular flexibility index (Phi) is 4.98. The van der Waals surface area contributed by atoms with Crippen molar-refractivity contribution in [3.63, 3.8) is 0 Å². The Bertz CT molecular complexity index is 1260. The molecular formula is C24H24N4O2S. The standard InChI is InChI=1S/C24H24N4O2S/c1-14-6-8-16(9-7-14)22-21(25-15(2)31-22)24(29)28-12-4-5-20(28)23-26-18-11-10-17(30-3)13-19(18)27-23/h6-11,13,20H,4-5,12H2,1-3H3,(H,26,27). The molecule has 2 aromatic carbocycles. The number of aryl methyl sites for hydroxylation is 2. The van der Waals surface area contributed by atoms with E-state index < -0.39 is 0 Å². The third-order valence-corrected chi connectivity index (χ3v) is 6.81.